The second-order valence-corrected chi connectivity index (χ2v) is 19.9. The molecule has 12 heteroatoms. The zero-order valence-corrected chi connectivity index (χ0v) is 44.0. The minimum atomic E-state index is -4.68. The summed E-state index contributed by atoms with van der Waals surface area (Å²) >= 11 is 0. The van der Waals surface area contributed by atoms with E-state index in [1.54, 1.807) is 0 Å². The third-order valence-electron chi connectivity index (χ3n) is 12.9. The summed E-state index contributed by atoms with van der Waals surface area (Å²) in [6.07, 6.45) is 24.5. The van der Waals surface area contributed by atoms with Crippen molar-refractivity contribution in [2.75, 3.05) is 11.4 Å². The standard InChI is InChI=1S/C51H68N2O3S.BrH.Na.O3S/c1-7-9-11-13-15-17-19-25-38-52-43-36-34-39-27-21-23-29-41(39)48(43)50(3,4)45(52)31-26-32-46-51(5,6)49-42-30-24-22-28-40(42)35-37-44(49)53(46)47(57(54,55)56)33-20-18-16-14-12-10-8-2;;;1-4(2)3/h21-24,26-32,34-37,47H,7-20,25,33,38H2,1-6H3;1H;;/q;;+1;/p-1. The minimum Gasteiger partial charge on any atom is -1.00 e. The van der Waals surface area contributed by atoms with Gasteiger partial charge in [0.25, 0.3) is 0 Å². The number of benzene rings is 4. The molecule has 0 N–H and O–H groups in total. The molecule has 0 aromatic heterocycles. The van der Waals surface area contributed by atoms with E-state index >= 15 is 0 Å². The topological polar surface area (TPSA) is 115 Å². The molecule has 0 amide bonds. The summed E-state index contributed by atoms with van der Waals surface area (Å²) in [5, 5.41) is 3.57. The second-order valence-electron chi connectivity index (χ2n) is 18.0. The molecule has 0 bridgehead atoms. The Morgan fingerprint density at radius 3 is 1.68 bits per heavy atom. The third kappa shape index (κ3) is 13.5. The summed E-state index contributed by atoms with van der Waals surface area (Å²) < 4.78 is 67.9. The number of fused-ring (bicyclic) bond motifs is 6. The van der Waals surface area contributed by atoms with Crippen molar-refractivity contribution in [3.05, 3.63) is 108 Å². The van der Waals surface area contributed by atoms with Crippen molar-refractivity contribution < 1.29 is 76.7 Å². The first kappa shape index (κ1) is 54.7. The van der Waals surface area contributed by atoms with Crippen molar-refractivity contribution in [1.82, 2.24) is 0 Å². The molecule has 2 heterocycles. The molecule has 6 rings (SSSR count). The maximum atomic E-state index is 13.4. The Morgan fingerprint density at radius 1 is 0.667 bits per heavy atom. The van der Waals surface area contributed by atoms with Gasteiger partial charge < -0.3 is 26.4 Å². The molecule has 0 radical (unpaired) electrons. The third-order valence-corrected chi connectivity index (χ3v) is 14.0. The Balaban J connectivity index is 0.00000169. The van der Waals surface area contributed by atoms with E-state index in [0.29, 0.717) is 12.8 Å². The van der Waals surface area contributed by atoms with Crippen LogP contribution in [0.5, 0.6) is 0 Å². The number of halogens is 1. The van der Waals surface area contributed by atoms with E-state index in [1.807, 2.05) is 23.1 Å². The van der Waals surface area contributed by atoms with Crippen LogP contribution in [0.4, 0.5) is 11.4 Å². The van der Waals surface area contributed by atoms with Gasteiger partial charge in [0.15, 0.2) is 5.71 Å². The van der Waals surface area contributed by atoms with Crippen LogP contribution in [0.2, 0.25) is 0 Å². The first-order valence-corrected chi connectivity index (χ1v) is 25.2. The van der Waals surface area contributed by atoms with Crippen molar-refractivity contribution in [2.24, 2.45) is 0 Å². The van der Waals surface area contributed by atoms with E-state index < -0.39 is 31.5 Å². The average Bonchev–Trinajstić information content (AvgIpc) is 3.57. The first-order valence-electron chi connectivity index (χ1n) is 22.7. The fraction of sp³-hybridized carbons (Fsp3) is 0.510. The molecule has 1 unspecified atom stereocenters. The number of hydrogen-bond donors (Lipinski definition) is 0. The molecule has 0 saturated heterocycles. The fourth-order valence-corrected chi connectivity index (χ4v) is 10.8. The summed E-state index contributed by atoms with van der Waals surface area (Å²) in [4.78, 5) is 1.90. The van der Waals surface area contributed by atoms with Crippen molar-refractivity contribution in [3.8, 4) is 0 Å². The summed E-state index contributed by atoms with van der Waals surface area (Å²) in [6.45, 7) is 14.5. The van der Waals surface area contributed by atoms with Crippen LogP contribution in [0, 0.1) is 0 Å². The van der Waals surface area contributed by atoms with E-state index in [1.165, 1.54) is 91.9 Å². The number of nitrogens with zero attached hydrogens (tertiary/aromatic N) is 2. The first-order chi connectivity index (χ1) is 29.2. The fourth-order valence-electron chi connectivity index (χ4n) is 9.86. The molecule has 8 nitrogen and oxygen atoms in total. The van der Waals surface area contributed by atoms with Gasteiger partial charge in [-0.25, -0.2) is 8.42 Å². The van der Waals surface area contributed by atoms with Gasteiger partial charge in [-0.2, -0.15) is 4.58 Å². The number of allylic oxidation sites excluding steroid dienone is 4. The van der Waals surface area contributed by atoms with Gasteiger partial charge in [0.2, 0.25) is 5.69 Å². The van der Waals surface area contributed by atoms with Gasteiger partial charge in [-0.3, -0.25) is 0 Å². The summed E-state index contributed by atoms with van der Waals surface area (Å²) in [7, 11) is -7.79. The monoisotopic (exact) mass is 970 g/mol. The Bertz CT molecular complexity index is 2460. The molecule has 2 aliphatic rings. The van der Waals surface area contributed by atoms with Crippen LogP contribution >= 0.6 is 0 Å². The van der Waals surface area contributed by atoms with Gasteiger partial charge in [0, 0.05) is 40.9 Å². The summed E-state index contributed by atoms with van der Waals surface area (Å²) in [6, 6.07) is 25.7. The number of anilines is 1. The Labute approximate surface area is 412 Å². The maximum absolute atomic E-state index is 13.4. The van der Waals surface area contributed by atoms with E-state index in [-0.39, 0.29) is 52.0 Å². The van der Waals surface area contributed by atoms with Gasteiger partial charge >= 0.3 is 40.2 Å². The molecule has 4 aromatic carbocycles. The quantitative estimate of drug-likeness (QED) is 0.0393. The largest absolute Gasteiger partial charge is 1.00 e. The molecular formula is C51H68BrN2NaO6S2. The predicted octanol–water partition coefficient (Wildman–Crippen LogP) is 6.76. The van der Waals surface area contributed by atoms with Crippen molar-refractivity contribution >= 4 is 59.4 Å². The van der Waals surface area contributed by atoms with Crippen LogP contribution < -0.4 is 51.4 Å². The molecule has 4 aromatic rings. The molecule has 0 fully saturated rings. The van der Waals surface area contributed by atoms with Crippen molar-refractivity contribution in [3.63, 3.8) is 0 Å². The van der Waals surface area contributed by atoms with E-state index in [4.69, 9.17) is 12.6 Å². The number of unbranched alkanes of at least 4 members (excludes halogenated alkanes) is 13. The van der Waals surface area contributed by atoms with E-state index in [2.05, 4.69) is 119 Å². The van der Waals surface area contributed by atoms with E-state index in [0.717, 1.165) is 59.9 Å². The molecule has 0 saturated carbocycles. The molecule has 2 aliphatic heterocycles. The predicted molar refractivity (Wildman–Crippen MR) is 252 cm³/mol. The maximum Gasteiger partial charge on any atom is 1.00 e. The normalized spacial score (nSPS) is 16.1. The van der Waals surface area contributed by atoms with Crippen LogP contribution in [0.15, 0.2) is 96.7 Å². The second kappa shape index (κ2) is 25.3. The SMILES string of the molecule is CCCCCCCCCC[N+]1=C(C=CC=C2N(C(CCCCCCCCC)S(=O)(=O)[O-])c3ccc4ccccc4c3C2(C)C)C(C)(C)c2c1ccc1ccccc21.O=S(=O)=O.[Br-].[Na+]. The molecule has 63 heavy (non-hydrogen) atoms. The Hall–Kier alpha value is -2.64. The van der Waals surface area contributed by atoms with E-state index in [9.17, 15) is 13.0 Å². The average molecular weight is 972 g/mol. The summed E-state index contributed by atoms with van der Waals surface area (Å²) in [5.41, 5.74) is 5.85. The number of rotatable bonds is 21. The smallest absolute Gasteiger partial charge is 1.00 e. The zero-order chi connectivity index (χ0) is 44.2. The molecule has 338 valence electrons. The van der Waals surface area contributed by atoms with Gasteiger partial charge in [-0.05, 0) is 72.0 Å². The zero-order valence-electron chi connectivity index (χ0n) is 38.8. The number of hydrogen-bond acceptors (Lipinski definition) is 7. The van der Waals surface area contributed by atoms with Gasteiger partial charge in [-0.1, -0.05) is 172 Å². The van der Waals surface area contributed by atoms with Crippen LogP contribution in [-0.4, -0.2) is 47.8 Å². The van der Waals surface area contributed by atoms with Crippen LogP contribution in [0.25, 0.3) is 21.5 Å². The molecular weight excluding hydrogens is 904 g/mol. The molecule has 0 spiro atoms. The Kier molecular flexibility index (Phi) is 22.0. The van der Waals surface area contributed by atoms with Crippen LogP contribution in [-0.2, 0) is 31.6 Å². The summed E-state index contributed by atoms with van der Waals surface area (Å²) in [5.74, 6) is 0. The molecule has 0 aliphatic carbocycles. The van der Waals surface area contributed by atoms with Gasteiger partial charge in [0.1, 0.15) is 22.0 Å². The minimum absolute atomic E-state index is 0. The Morgan fingerprint density at radius 2 is 1.14 bits per heavy atom. The van der Waals surface area contributed by atoms with Crippen molar-refractivity contribution in [2.45, 2.75) is 160 Å². The van der Waals surface area contributed by atoms with Crippen LogP contribution in [0.3, 0.4) is 0 Å². The van der Waals surface area contributed by atoms with Gasteiger partial charge in [-0.15, -0.1) is 12.6 Å². The molecule has 1 atom stereocenters. The van der Waals surface area contributed by atoms with Gasteiger partial charge in [0.05, 0.1) is 5.41 Å². The van der Waals surface area contributed by atoms with Crippen molar-refractivity contribution in [1.29, 1.82) is 0 Å². The van der Waals surface area contributed by atoms with Crippen LogP contribution in [0.1, 0.15) is 155 Å².